The quantitative estimate of drug-likeness (QED) is 0.928. The zero-order chi connectivity index (χ0) is 17.8. The molecule has 1 fully saturated rings. The first-order valence-corrected chi connectivity index (χ1v) is 8.65. The van der Waals surface area contributed by atoms with Crippen molar-refractivity contribution in [2.45, 2.75) is 33.2 Å². The van der Waals surface area contributed by atoms with Crippen LogP contribution in [0.2, 0.25) is 0 Å². The predicted molar refractivity (Wildman–Crippen MR) is 95.0 cm³/mol. The lowest BCUT2D eigenvalue weighted by Gasteiger charge is -2.31. The first-order valence-electron chi connectivity index (χ1n) is 8.65. The van der Waals surface area contributed by atoms with Gasteiger partial charge in [-0.05, 0) is 31.7 Å². The van der Waals surface area contributed by atoms with Crippen molar-refractivity contribution < 1.29 is 9.18 Å². The van der Waals surface area contributed by atoms with E-state index in [1.54, 1.807) is 31.2 Å². The van der Waals surface area contributed by atoms with E-state index in [1.165, 1.54) is 6.07 Å². The van der Waals surface area contributed by atoms with Crippen LogP contribution in [0.1, 0.15) is 41.6 Å². The number of nitrogens with one attached hydrogen (secondary N) is 1. The SMILES string of the molecule is Cc1nc(C(=O)NCc2ccccc2F)cc(N2CCC(C)CC2)n1. The summed E-state index contributed by atoms with van der Waals surface area (Å²) in [7, 11) is 0. The fraction of sp³-hybridized carbons (Fsp3) is 0.421. The van der Waals surface area contributed by atoms with Crippen molar-refractivity contribution in [1.29, 1.82) is 0 Å². The number of hydrogen-bond donors (Lipinski definition) is 1. The second-order valence-corrected chi connectivity index (χ2v) is 6.60. The van der Waals surface area contributed by atoms with Crippen LogP contribution in [0.25, 0.3) is 0 Å². The van der Waals surface area contributed by atoms with Crippen LogP contribution in [-0.4, -0.2) is 29.0 Å². The highest BCUT2D eigenvalue weighted by Crippen LogP contribution is 2.22. The molecule has 1 N–H and O–H groups in total. The van der Waals surface area contributed by atoms with Crippen LogP contribution in [0.15, 0.2) is 30.3 Å². The summed E-state index contributed by atoms with van der Waals surface area (Å²) in [6.45, 7) is 6.04. The molecule has 5 nitrogen and oxygen atoms in total. The van der Waals surface area contributed by atoms with Gasteiger partial charge in [0.15, 0.2) is 0 Å². The van der Waals surface area contributed by atoms with Crippen molar-refractivity contribution in [3.8, 4) is 0 Å². The Balaban J connectivity index is 1.71. The van der Waals surface area contributed by atoms with E-state index >= 15 is 0 Å². The van der Waals surface area contributed by atoms with Crippen molar-refractivity contribution in [3.63, 3.8) is 0 Å². The van der Waals surface area contributed by atoms with Gasteiger partial charge >= 0.3 is 0 Å². The average molecular weight is 342 g/mol. The van der Waals surface area contributed by atoms with E-state index in [1.807, 2.05) is 0 Å². The molecule has 1 amide bonds. The Morgan fingerprint density at radius 2 is 2.00 bits per heavy atom. The summed E-state index contributed by atoms with van der Waals surface area (Å²) in [6.07, 6.45) is 2.25. The molecule has 0 spiro atoms. The van der Waals surface area contributed by atoms with Gasteiger partial charge in [-0.1, -0.05) is 25.1 Å². The Bertz CT molecular complexity index is 757. The largest absolute Gasteiger partial charge is 0.356 e. The number of amides is 1. The summed E-state index contributed by atoms with van der Waals surface area (Å²) in [5.41, 5.74) is 0.768. The van der Waals surface area contributed by atoms with Crippen LogP contribution < -0.4 is 10.2 Å². The number of nitrogens with zero attached hydrogens (tertiary/aromatic N) is 3. The Kier molecular flexibility index (Phi) is 5.26. The highest BCUT2D eigenvalue weighted by molar-refractivity contribution is 5.92. The molecule has 3 rings (SSSR count). The average Bonchev–Trinajstić information content (AvgIpc) is 2.61. The van der Waals surface area contributed by atoms with Gasteiger partial charge in [-0.2, -0.15) is 0 Å². The Morgan fingerprint density at radius 1 is 1.28 bits per heavy atom. The van der Waals surface area contributed by atoms with Gasteiger partial charge in [0.05, 0.1) is 0 Å². The molecule has 132 valence electrons. The summed E-state index contributed by atoms with van der Waals surface area (Å²) in [4.78, 5) is 23.3. The number of aromatic nitrogens is 2. The second-order valence-electron chi connectivity index (χ2n) is 6.60. The van der Waals surface area contributed by atoms with Crippen LogP contribution in [0.3, 0.4) is 0 Å². The molecule has 0 unspecified atom stereocenters. The summed E-state index contributed by atoms with van der Waals surface area (Å²) in [5.74, 6) is 1.43. The molecule has 0 bridgehead atoms. The number of rotatable bonds is 4. The van der Waals surface area contributed by atoms with Gasteiger partial charge < -0.3 is 10.2 Å². The molecule has 1 aromatic carbocycles. The monoisotopic (exact) mass is 342 g/mol. The smallest absolute Gasteiger partial charge is 0.270 e. The molecule has 1 saturated heterocycles. The van der Waals surface area contributed by atoms with Crippen LogP contribution in [-0.2, 0) is 6.54 Å². The maximum absolute atomic E-state index is 13.7. The lowest BCUT2D eigenvalue weighted by atomic mass is 9.99. The molecule has 2 aromatic rings. The maximum Gasteiger partial charge on any atom is 0.270 e. The Hall–Kier alpha value is -2.50. The molecule has 2 heterocycles. The minimum atomic E-state index is -0.329. The lowest BCUT2D eigenvalue weighted by molar-refractivity contribution is 0.0945. The van der Waals surface area contributed by atoms with Gasteiger partial charge in [0.1, 0.15) is 23.2 Å². The van der Waals surface area contributed by atoms with E-state index in [-0.39, 0.29) is 18.3 Å². The number of anilines is 1. The molecule has 1 aromatic heterocycles. The van der Waals surface area contributed by atoms with E-state index in [9.17, 15) is 9.18 Å². The van der Waals surface area contributed by atoms with E-state index in [2.05, 4.69) is 27.1 Å². The zero-order valence-electron chi connectivity index (χ0n) is 14.6. The molecule has 6 heteroatoms. The van der Waals surface area contributed by atoms with Crippen LogP contribution in [0.5, 0.6) is 0 Å². The highest BCUT2D eigenvalue weighted by atomic mass is 19.1. The van der Waals surface area contributed by atoms with Crippen molar-refractivity contribution in [2.24, 2.45) is 5.92 Å². The summed E-state index contributed by atoms with van der Waals surface area (Å²) >= 11 is 0. The van der Waals surface area contributed by atoms with E-state index < -0.39 is 0 Å². The van der Waals surface area contributed by atoms with E-state index in [0.29, 0.717) is 17.1 Å². The summed E-state index contributed by atoms with van der Waals surface area (Å²) in [5, 5.41) is 2.73. The molecule has 0 aliphatic carbocycles. The number of piperidine rings is 1. The molecular weight excluding hydrogens is 319 g/mol. The van der Waals surface area contributed by atoms with Crippen LogP contribution >= 0.6 is 0 Å². The summed E-state index contributed by atoms with van der Waals surface area (Å²) in [6, 6.07) is 8.13. The number of carbonyl (C=O) groups excluding carboxylic acids is 1. The zero-order valence-corrected chi connectivity index (χ0v) is 14.6. The first kappa shape index (κ1) is 17.3. The number of halogens is 1. The fourth-order valence-corrected chi connectivity index (χ4v) is 2.98. The minimum absolute atomic E-state index is 0.130. The third-order valence-electron chi connectivity index (χ3n) is 4.56. The predicted octanol–water partition coefficient (Wildman–Crippen LogP) is 3.09. The Morgan fingerprint density at radius 3 is 2.72 bits per heavy atom. The molecule has 0 radical (unpaired) electrons. The number of aryl methyl sites for hydroxylation is 1. The van der Waals surface area contributed by atoms with Crippen LogP contribution in [0.4, 0.5) is 10.2 Å². The number of carbonyl (C=O) groups is 1. The molecule has 0 atom stereocenters. The standard InChI is InChI=1S/C19H23FN4O/c1-13-7-9-24(10-8-13)18-11-17(22-14(2)23-18)19(25)21-12-15-5-3-4-6-16(15)20/h3-6,11,13H,7-10,12H2,1-2H3,(H,21,25). The number of benzene rings is 1. The van der Waals surface area contributed by atoms with Gasteiger partial charge in [0.2, 0.25) is 0 Å². The van der Waals surface area contributed by atoms with Crippen molar-refractivity contribution in [1.82, 2.24) is 15.3 Å². The topological polar surface area (TPSA) is 58.1 Å². The van der Waals surface area contributed by atoms with E-state index in [0.717, 1.165) is 37.7 Å². The normalized spacial score (nSPS) is 15.2. The maximum atomic E-state index is 13.7. The fourth-order valence-electron chi connectivity index (χ4n) is 2.98. The molecule has 0 saturated carbocycles. The minimum Gasteiger partial charge on any atom is -0.356 e. The van der Waals surface area contributed by atoms with Gasteiger partial charge in [0, 0.05) is 31.3 Å². The Labute approximate surface area is 147 Å². The number of hydrogen-bond acceptors (Lipinski definition) is 4. The highest BCUT2D eigenvalue weighted by Gasteiger charge is 2.19. The first-order chi connectivity index (χ1) is 12.0. The van der Waals surface area contributed by atoms with Crippen LogP contribution in [0, 0.1) is 18.7 Å². The molecule has 1 aliphatic rings. The van der Waals surface area contributed by atoms with Gasteiger partial charge in [-0.3, -0.25) is 4.79 Å². The van der Waals surface area contributed by atoms with E-state index in [4.69, 9.17) is 0 Å². The third-order valence-corrected chi connectivity index (χ3v) is 4.56. The van der Waals surface area contributed by atoms with Gasteiger partial charge in [0.25, 0.3) is 5.91 Å². The molecular formula is C19H23FN4O. The van der Waals surface area contributed by atoms with Crippen molar-refractivity contribution >= 4 is 11.7 Å². The second kappa shape index (κ2) is 7.59. The van der Waals surface area contributed by atoms with Crippen molar-refractivity contribution in [2.75, 3.05) is 18.0 Å². The van der Waals surface area contributed by atoms with Gasteiger partial charge in [-0.15, -0.1) is 0 Å². The summed E-state index contributed by atoms with van der Waals surface area (Å²) < 4.78 is 13.7. The third kappa shape index (κ3) is 4.32. The van der Waals surface area contributed by atoms with Crippen molar-refractivity contribution in [3.05, 3.63) is 53.2 Å². The molecule has 1 aliphatic heterocycles. The molecule has 25 heavy (non-hydrogen) atoms. The lowest BCUT2D eigenvalue weighted by Crippen LogP contribution is -2.34. The van der Waals surface area contributed by atoms with Gasteiger partial charge in [-0.25, -0.2) is 14.4 Å².